The van der Waals surface area contributed by atoms with E-state index in [1.165, 1.54) is 0 Å². The van der Waals surface area contributed by atoms with Gasteiger partial charge in [-0.15, -0.1) is 0 Å². The zero-order valence-electron chi connectivity index (χ0n) is 16.2. The molecule has 4 aliphatic carbocycles. The van der Waals surface area contributed by atoms with Gasteiger partial charge in [-0.25, -0.2) is 0 Å². The number of hydrogen-bond donors (Lipinski definition) is 2. The molecule has 3 atom stereocenters. The molecule has 25 heavy (non-hydrogen) atoms. The van der Waals surface area contributed by atoms with Crippen molar-refractivity contribution in [2.75, 3.05) is 0 Å². The van der Waals surface area contributed by atoms with E-state index in [9.17, 15) is 15.0 Å². The van der Waals surface area contributed by atoms with Gasteiger partial charge in [0.25, 0.3) is 0 Å². The zero-order valence-corrected chi connectivity index (χ0v) is 18.4. The predicted octanol–water partition coefficient (Wildman–Crippen LogP) is 3.99. The normalized spacial score (nSPS) is 41.7. The molecule has 144 valence electrons. The number of hydrogen-bond acceptors (Lipinski definition) is 4. The van der Waals surface area contributed by atoms with Gasteiger partial charge in [0.2, 0.25) is 0 Å². The molecule has 4 rings (SSSR count). The summed E-state index contributed by atoms with van der Waals surface area (Å²) >= 11 is 2.16. The lowest BCUT2D eigenvalue weighted by Gasteiger charge is -2.70. The molecular formula is C20H33IO4. The van der Waals surface area contributed by atoms with Crippen LogP contribution in [0.4, 0.5) is 0 Å². The summed E-state index contributed by atoms with van der Waals surface area (Å²) in [6.45, 7) is 9.55. The lowest BCUT2D eigenvalue weighted by molar-refractivity contribution is -0.285. The number of alkyl halides is 1. The standard InChI is InChI=1S/C20H33IO4/c1-6-14(21)15(22)25-20-9-13-7-18(11-20,16(2,3)23)10-19(8-13,12-20)17(4,5)24/h13-14,23-24H,6-12H2,1-5H3. The minimum absolute atomic E-state index is 0.137. The van der Waals surface area contributed by atoms with Crippen LogP contribution in [0.1, 0.15) is 79.6 Å². The maximum atomic E-state index is 12.6. The molecule has 0 amide bonds. The number of ether oxygens (including phenoxy) is 1. The number of rotatable bonds is 5. The van der Waals surface area contributed by atoms with E-state index in [1.807, 2.05) is 34.6 Å². The first kappa shape index (κ1) is 19.9. The topological polar surface area (TPSA) is 66.8 Å². The number of carbonyl (C=O) groups is 1. The van der Waals surface area contributed by atoms with Gasteiger partial charge in [-0.1, -0.05) is 29.5 Å². The molecule has 4 bridgehead atoms. The first-order valence-corrected chi connectivity index (χ1v) is 10.8. The third-order valence-electron chi connectivity index (χ3n) is 7.54. The highest BCUT2D eigenvalue weighted by molar-refractivity contribution is 14.1. The fraction of sp³-hybridized carbons (Fsp3) is 0.950. The van der Waals surface area contributed by atoms with Gasteiger partial charge in [0.1, 0.15) is 9.53 Å². The molecule has 0 heterocycles. The van der Waals surface area contributed by atoms with Crippen LogP contribution in [0.15, 0.2) is 0 Å². The van der Waals surface area contributed by atoms with Gasteiger partial charge in [0.15, 0.2) is 0 Å². The van der Waals surface area contributed by atoms with Crippen LogP contribution < -0.4 is 0 Å². The number of carbonyl (C=O) groups excluding carboxylic acids is 1. The maximum Gasteiger partial charge on any atom is 0.319 e. The number of aliphatic hydroxyl groups is 2. The molecule has 4 aliphatic rings. The van der Waals surface area contributed by atoms with Crippen molar-refractivity contribution in [3.8, 4) is 0 Å². The van der Waals surface area contributed by atoms with Crippen LogP contribution in [0, 0.1) is 16.7 Å². The maximum absolute atomic E-state index is 12.6. The Kier molecular flexibility index (Phi) is 4.62. The van der Waals surface area contributed by atoms with Crippen molar-refractivity contribution in [3.05, 3.63) is 0 Å². The molecule has 5 heteroatoms. The van der Waals surface area contributed by atoms with Crippen molar-refractivity contribution in [1.82, 2.24) is 0 Å². The average molecular weight is 464 g/mol. The van der Waals surface area contributed by atoms with Crippen molar-refractivity contribution in [3.63, 3.8) is 0 Å². The summed E-state index contributed by atoms with van der Waals surface area (Å²) in [7, 11) is 0. The third kappa shape index (κ3) is 3.06. The quantitative estimate of drug-likeness (QED) is 0.367. The predicted molar refractivity (Wildman–Crippen MR) is 106 cm³/mol. The van der Waals surface area contributed by atoms with Gasteiger partial charge in [-0.3, -0.25) is 4.79 Å². The summed E-state index contributed by atoms with van der Waals surface area (Å²) in [5.74, 6) is 0.262. The Morgan fingerprint density at radius 1 is 1.08 bits per heavy atom. The summed E-state index contributed by atoms with van der Waals surface area (Å²) in [6, 6.07) is 0. The Labute approximate surface area is 165 Å². The van der Waals surface area contributed by atoms with Crippen molar-refractivity contribution in [2.24, 2.45) is 16.7 Å². The Morgan fingerprint density at radius 2 is 1.56 bits per heavy atom. The molecule has 3 unspecified atom stereocenters. The highest BCUT2D eigenvalue weighted by Gasteiger charge is 2.71. The monoisotopic (exact) mass is 464 g/mol. The first-order chi connectivity index (χ1) is 11.3. The Hall–Kier alpha value is 0.120. The van der Waals surface area contributed by atoms with Crippen LogP contribution in [-0.4, -0.2) is 36.9 Å². The van der Waals surface area contributed by atoms with Crippen LogP contribution in [0.5, 0.6) is 0 Å². The fourth-order valence-corrected chi connectivity index (χ4v) is 6.40. The minimum Gasteiger partial charge on any atom is -0.458 e. The van der Waals surface area contributed by atoms with Gasteiger partial charge in [0, 0.05) is 10.8 Å². The summed E-state index contributed by atoms with van der Waals surface area (Å²) in [5.41, 5.74) is -2.82. The van der Waals surface area contributed by atoms with Crippen molar-refractivity contribution in [2.45, 2.75) is 100 Å². The molecule has 0 spiro atoms. The van der Waals surface area contributed by atoms with Crippen molar-refractivity contribution < 1.29 is 19.7 Å². The average Bonchev–Trinajstić information content (AvgIpc) is 2.42. The van der Waals surface area contributed by atoms with Gasteiger partial charge in [0.05, 0.1) is 11.2 Å². The molecule has 0 radical (unpaired) electrons. The fourth-order valence-electron chi connectivity index (χ4n) is 6.27. The van der Waals surface area contributed by atoms with E-state index >= 15 is 0 Å². The largest absolute Gasteiger partial charge is 0.458 e. The van der Waals surface area contributed by atoms with E-state index in [4.69, 9.17) is 4.74 Å². The molecule has 2 N–H and O–H groups in total. The van der Waals surface area contributed by atoms with Gasteiger partial charge in [-0.05, 0) is 78.6 Å². The Bertz CT molecular complexity index is 529. The SMILES string of the molecule is CCC(I)C(=O)OC12CC3CC(C(C)(C)O)(C1)CC(C(C)(C)O)(C3)C2. The van der Waals surface area contributed by atoms with Crippen LogP contribution in [0.3, 0.4) is 0 Å². The molecule has 4 saturated carbocycles. The minimum atomic E-state index is -0.852. The van der Waals surface area contributed by atoms with Crippen LogP contribution in [-0.2, 0) is 9.53 Å². The molecule has 0 aromatic rings. The Balaban J connectivity index is 2.02. The van der Waals surface area contributed by atoms with Crippen molar-refractivity contribution in [1.29, 1.82) is 0 Å². The Morgan fingerprint density at radius 3 is 1.96 bits per heavy atom. The van der Waals surface area contributed by atoms with Crippen LogP contribution in [0.25, 0.3) is 0 Å². The van der Waals surface area contributed by atoms with Gasteiger partial charge in [-0.2, -0.15) is 0 Å². The van der Waals surface area contributed by atoms with Gasteiger partial charge < -0.3 is 14.9 Å². The lowest BCUT2D eigenvalue weighted by atomic mass is 9.37. The molecule has 0 aromatic carbocycles. The highest BCUT2D eigenvalue weighted by atomic mass is 127. The van der Waals surface area contributed by atoms with Crippen LogP contribution in [0.2, 0.25) is 0 Å². The van der Waals surface area contributed by atoms with E-state index in [1.54, 1.807) is 0 Å². The second-order valence-corrected chi connectivity index (χ2v) is 11.7. The lowest BCUT2D eigenvalue weighted by Crippen LogP contribution is -2.70. The third-order valence-corrected chi connectivity index (χ3v) is 8.93. The molecular weight excluding hydrogens is 431 g/mol. The molecule has 0 saturated heterocycles. The summed E-state index contributed by atoms with van der Waals surface area (Å²) in [5, 5.41) is 22.1. The first-order valence-electron chi connectivity index (χ1n) is 9.59. The van der Waals surface area contributed by atoms with Crippen LogP contribution >= 0.6 is 22.6 Å². The smallest absolute Gasteiger partial charge is 0.319 e. The molecule has 0 aliphatic heterocycles. The summed E-state index contributed by atoms with van der Waals surface area (Å²) in [4.78, 5) is 12.6. The molecule has 0 aromatic heterocycles. The molecule has 4 nitrogen and oxygen atoms in total. The summed E-state index contributed by atoms with van der Waals surface area (Å²) in [6.07, 6.45) is 5.81. The zero-order chi connectivity index (χ0) is 18.9. The van der Waals surface area contributed by atoms with E-state index < -0.39 is 16.8 Å². The summed E-state index contributed by atoms with van der Waals surface area (Å²) < 4.78 is 6.04. The second kappa shape index (κ2) is 5.81. The van der Waals surface area contributed by atoms with Gasteiger partial charge >= 0.3 is 5.97 Å². The van der Waals surface area contributed by atoms with E-state index in [2.05, 4.69) is 22.6 Å². The number of halogens is 1. The van der Waals surface area contributed by atoms with Crippen molar-refractivity contribution >= 4 is 28.6 Å². The second-order valence-electron chi connectivity index (χ2n) is 10.2. The van der Waals surface area contributed by atoms with E-state index in [0.29, 0.717) is 5.92 Å². The van der Waals surface area contributed by atoms with E-state index in [0.717, 1.165) is 44.9 Å². The van der Waals surface area contributed by atoms with E-state index in [-0.39, 0.29) is 20.7 Å². The number of esters is 1. The highest BCUT2D eigenvalue weighted by Crippen LogP contribution is 2.72. The molecule has 4 fully saturated rings.